The van der Waals surface area contributed by atoms with Crippen LogP contribution in [0.3, 0.4) is 0 Å². The van der Waals surface area contributed by atoms with Gasteiger partial charge in [0.2, 0.25) is 0 Å². The molecule has 1 aliphatic heterocycles. The summed E-state index contributed by atoms with van der Waals surface area (Å²) in [5, 5.41) is 21.3. The minimum Gasteiger partial charge on any atom is -0.391 e. The number of thiophene rings is 1. The van der Waals surface area contributed by atoms with Crippen LogP contribution >= 0.6 is 11.3 Å². The average molecular weight is 427 g/mol. The molecule has 3 aromatic rings. The number of nitrogens with zero attached hydrogens (tertiary/aromatic N) is 2. The van der Waals surface area contributed by atoms with Gasteiger partial charge in [0.05, 0.1) is 6.10 Å². The highest BCUT2D eigenvalue weighted by molar-refractivity contribution is 7.19. The predicted molar refractivity (Wildman–Crippen MR) is 118 cm³/mol. The molecule has 1 saturated heterocycles. The fourth-order valence-corrected chi connectivity index (χ4v) is 5.37. The predicted octanol–water partition coefficient (Wildman–Crippen LogP) is 4.39. The molecule has 2 aromatic carbocycles. The van der Waals surface area contributed by atoms with E-state index in [1.807, 2.05) is 35.6 Å². The summed E-state index contributed by atoms with van der Waals surface area (Å²) in [6.45, 7) is 2.64. The summed E-state index contributed by atoms with van der Waals surface area (Å²) in [6.07, 6.45) is 2.41. The van der Waals surface area contributed by atoms with Crippen molar-refractivity contribution >= 4 is 21.4 Å². The third-order valence-corrected chi connectivity index (χ3v) is 7.01. The molecule has 1 aromatic heterocycles. The van der Waals surface area contributed by atoms with Crippen LogP contribution in [0.25, 0.3) is 10.1 Å². The highest BCUT2D eigenvalue weighted by Crippen LogP contribution is 2.36. The summed E-state index contributed by atoms with van der Waals surface area (Å²) >= 11 is 1.91. The summed E-state index contributed by atoms with van der Waals surface area (Å²) in [6, 6.07) is 18.3. The van der Waals surface area contributed by atoms with Gasteiger partial charge in [0.25, 0.3) is 5.09 Å². The Kier molecular flexibility index (Phi) is 6.62. The molecule has 2 heterocycles. The summed E-state index contributed by atoms with van der Waals surface area (Å²) in [5.41, 5.74) is 1.76. The van der Waals surface area contributed by atoms with E-state index in [0.717, 1.165) is 37.1 Å². The van der Waals surface area contributed by atoms with Crippen LogP contribution < -0.4 is 0 Å². The number of benzene rings is 2. The Morgan fingerprint density at radius 1 is 1.13 bits per heavy atom. The number of aliphatic hydroxyl groups is 1. The van der Waals surface area contributed by atoms with Crippen molar-refractivity contribution in [3.63, 3.8) is 0 Å². The van der Waals surface area contributed by atoms with Crippen molar-refractivity contribution < 1.29 is 15.0 Å². The lowest BCUT2D eigenvalue weighted by molar-refractivity contribution is -0.763. The zero-order valence-electron chi connectivity index (χ0n) is 16.8. The van der Waals surface area contributed by atoms with E-state index < -0.39 is 11.2 Å². The van der Waals surface area contributed by atoms with Crippen molar-refractivity contribution in [2.24, 2.45) is 0 Å². The van der Waals surface area contributed by atoms with E-state index in [9.17, 15) is 15.2 Å². The van der Waals surface area contributed by atoms with Crippen LogP contribution in [-0.4, -0.2) is 40.8 Å². The van der Waals surface area contributed by atoms with Crippen LogP contribution in [0.5, 0.6) is 0 Å². The number of rotatable bonds is 8. The molecule has 4 rings (SSSR count). The van der Waals surface area contributed by atoms with Crippen molar-refractivity contribution in [2.45, 2.75) is 37.9 Å². The van der Waals surface area contributed by atoms with Gasteiger partial charge in [0.1, 0.15) is 6.61 Å². The van der Waals surface area contributed by atoms with E-state index in [0.29, 0.717) is 18.9 Å². The minimum absolute atomic E-state index is 0.0510. The Balaban J connectivity index is 1.24. The third-order valence-electron chi connectivity index (χ3n) is 5.73. The fourth-order valence-electron chi connectivity index (χ4n) is 4.14. The Morgan fingerprint density at radius 3 is 2.53 bits per heavy atom. The molecule has 0 aliphatic carbocycles. The highest BCUT2D eigenvalue weighted by atomic mass is 32.1. The van der Waals surface area contributed by atoms with Gasteiger partial charge in [-0.1, -0.05) is 42.5 Å². The summed E-state index contributed by atoms with van der Waals surface area (Å²) in [5.74, 6) is 0.615. The monoisotopic (exact) mass is 426 g/mol. The van der Waals surface area contributed by atoms with Gasteiger partial charge in [-0.3, -0.25) is 0 Å². The Hall–Kier alpha value is -2.48. The van der Waals surface area contributed by atoms with E-state index in [4.69, 9.17) is 0 Å². The van der Waals surface area contributed by atoms with Crippen molar-refractivity contribution in [1.82, 2.24) is 4.90 Å². The first-order valence-electron chi connectivity index (χ1n) is 10.3. The number of hydrogen-bond acceptors (Lipinski definition) is 6. The zero-order valence-corrected chi connectivity index (χ0v) is 17.6. The first kappa shape index (κ1) is 20.8. The van der Waals surface area contributed by atoms with Gasteiger partial charge in [-0.25, -0.2) is 0 Å². The van der Waals surface area contributed by atoms with E-state index in [1.165, 1.54) is 15.0 Å². The van der Waals surface area contributed by atoms with Crippen LogP contribution in [0.2, 0.25) is 0 Å². The molecule has 0 spiro atoms. The van der Waals surface area contributed by atoms with E-state index >= 15 is 0 Å². The van der Waals surface area contributed by atoms with Crippen LogP contribution in [-0.2, 0) is 17.9 Å². The molecule has 0 unspecified atom stereocenters. The minimum atomic E-state index is -0.790. The molecule has 0 amide bonds. The fraction of sp³-hybridized carbons (Fsp3) is 0.391. The van der Waals surface area contributed by atoms with E-state index in [2.05, 4.69) is 40.1 Å². The maximum atomic E-state index is 10.5. The molecule has 7 heteroatoms. The highest BCUT2D eigenvalue weighted by Gasteiger charge is 2.23. The normalized spacial score (nSPS) is 16.6. The maximum Gasteiger partial charge on any atom is 0.294 e. The van der Waals surface area contributed by atoms with Crippen molar-refractivity contribution in [3.8, 4) is 0 Å². The van der Waals surface area contributed by atoms with Gasteiger partial charge < -0.3 is 14.8 Å². The van der Waals surface area contributed by atoms with Crippen LogP contribution in [0, 0.1) is 10.1 Å². The van der Waals surface area contributed by atoms with Crippen LogP contribution in [0.4, 0.5) is 0 Å². The smallest absolute Gasteiger partial charge is 0.294 e. The second-order valence-electron chi connectivity index (χ2n) is 7.93. The number of hydrogen-bond donors (Lipinski definition) is 1. The van der Waals surface area contributed by atoms with Crippen LogP contribution in [0.1, 0.15) is 34.8 Å². The number of β-amino-alcohol motifs (C(OH)–C–C–N with tert-alkyl or cyclic N) is 1. The van der Waals surface area contributed by atoms with E-state index in [1.54, 1.807) is 0 Å². The van der Waals surface area contributed by atoms with Crippen molar-refractivity contribution in [2.75, 3.05) is 19.6 Å². The van der Waals surface area contributed by atoms with Crippen molar-refractivity contribution in [1.29, 1.82) is 0 Å². The van der Waals surface area contributed by atoms with Crippen LogP contribution in [0.15, 0.2) is 54.6 Å². The number of aliphatic hydroxyl groups excluding tert-OH is 1. The Morgan fingerprint density at radius 2 is 1.83 bits per heavy atom. The second kappa shape index (κ2) is 9.55. The topological polar surface area (TPSA) is 75.8 Å². The SMILES string of the molecule is O=[N+]([O-])OCc1ccc(C[C@H](O)CN2CCC(c3cc4ccccc4s3)CC2)cc1. The Bertz CT molecular complexity index is 947. The second-order valence-corrected chi connectivity index (χ2v) is 9.05. The quantitative estimate of drug-likeness (QED) is 0.427. The number of piperidine rings is 1. The first-order valence-corrected chi connectivity index (χ1v) is 11.1. The van der Waals surface area contributed by atoms with Gasteiger partial charge in [-0.2, -0.15) is 0 Å². The molecule has 1 aliphatic rings. The Labute approximate surface area is 179 Å². The molecule has 6 nitrogen and oxygen atoms in total. The lowest BCUT2D eigenvalue weighted by Crippen LogP contribution is -2.38. The standard InChI is InChI=1S/C23H26N2O4S/c26-21(13-17-5-7-18(8-6-17)16-29-25(27)28)15-24-11-9-19(10-12-24)23-14-20-3-1-2-4-22(20)30-23/h1-8,14,19,21,26H,9-13,15-16H2/t21-/m0/s1. The number of likely N-dealkylation sites (tertiary alicyclic amines) is 1. The summed E-state index contributed by atoms with van der Waals surface area (Å²) < 4.78 is 1.36. The molecule has 0 saturated carbocycles. The van der Waals surface area contributed by atoms with Gasteiger partial charge in [-0.15, -0.1) is 21.5 Å². The molecule has 1 N–H and O–H groups in total. The first-order chi connectivity index (χ1) is 14.6. The molecule has 0 bridgehead atoms. The number of fused-ring (bicyclic) bond motifs is 1. The van der Waals surface area contributed by atoms with Gasteiger partial charge in [0, 0.05) is 16.1 Å². The average Bonchev–Trinajstić information content (AvgIpc) is 3.18. The third kappa shape index (κ3) is 5.36. The molecule has 1 atom stereocenters. The molecular formula is C23H26N2O4S. The van der Waals surface area contributed by atoms with Gasteiger partial charge >= 0.3 is 0 Å². The van der Waals surface area contributed by atoms with Crippen molar-refractivity contribution in [3.05, 3.63) is 80.7 Å². The largest absolute Gasteiger partial charge is 0.391 e. The lowest BCUT2D eigenvalue weighted by atomic mass is 9.94. The lowest BCUT2D eigenvalue weighted by Gasteiger charge is -2.32. The van der Waals surface area contributed by atoms with Gasteiger partial charge in [0.15, 0.2) is 0 Å². The zero-order chi connectivity index (χ0) is 20.9. The summed E-state index contributed by atoms with van der Waals surface area (Å²) in [4.78, 5) is 18.5. The molecular weight excluding hydrogens is 400 g/mol. The van der Waals surface area contributed by atoms with E-state index in [-0.39, 0.29) is 6.61 Å². The molecule has 158 valence electrons. The maximum absolute atomic E-state index is 10.5. The summed E-state index contributed by atoms with van der Waals surface area (Å²) in [7, 11) is 0. The molecule has 30 heavy (non-hydrogen) atoms. The van der Waals surface area contributed by atoms with Gasteiger partial charge in [-0.05, 0) is 66.9 Å². The molecule has 1 fully saturated rings. The molecule has 0 radical (unpaired) electrons.